The Bertz CT molecular complexity index is 304. The molecule has 0 saturated heterocycles. The number of hydrogen-bond acceptors (Lipinski definition) is 3. The summed E-state index contributed by atoms with van der Waals surface area (Å²) in [5, 5.41) is 0. The maximum absolute atomic E-state index is 11.5. The molecule has 90 valence electrons. The topological polar surface area (TPSA) is 52.3 Å². The Morgan fingerprint density at radius 3 is 2.31 bits per heavy atom. The highest BCUT2D eigenvalue weighted by Gasteiger charge is 2.64. The molecule has 0 unspecified atom stereocenters. The molecule has 16 heavy (non-hydrogen) atoms. The van der Waals surface area contributed by atoms with Gasteiger partial charge in [0.1, 0.15) is 0 Å². The molecular weight excluding hydrogens is 202 g/mol. The van der Waals surface area contributed by atoms with Gasteiger partial charge in [0.05, 0.1) is 12.5 Å². The van der Waals surface area contributed by atoms with Gasteiger partial charge in [-0.25, -0.2) is 0 Å². The van der Waals surface area contributed by atoms with Crippen molar-refractivity contribution >= 4 is 5.97 Å². The normalized spacial score (nSPS) is 49.4. The minimum atomic E-state index is 0.0272. The molecule has 3 fully saturated rings. The van der Waals surface area contributed by atoms with Crippen molar-refractivity contribution in [1.29, 1.82) is 0 Å². The molecule has 3 aliphatic rings. The number of ether oxygens (including phenoxy) is 1. The SMILES string of the molecule is CCOC(=O)C1CC2(C1)CC1(CC(N)C1)C2. The maximum Gasteiger partial charge on any atom is 0.308 e. The van der Waals surface area contributed by atoms with Crippen molar-refractivity contribution in [2.24, 2.45) is 22.5 Å². The van der Waals surface area contributed by atoms with Crippen LogP contribution < -0.4 is 5.73 Å². The van der Waals surface area contributed by atoms with Crippen LogP contribution in [-0.4, -0.2) is 18.6 Å². The lowest BCUT2D eigenvalue weighted by Gasteiger charge is -2.68. The van der Waals surface area contributed by atoms with E-state index in [9.17, 15) is 4.79 Å². The van der Waals surface area contributed by atoms with E-state index in [1.807, 2.05) is 6.92 Å². The fourth-order valence-corrected chi connectivity index (χ4v) is 4.58. The van der Waals surface area contributed by atoms with Crippen molar-refractivity contribution in [3.63, 3.8) is 0 Å². The van der Waals surface area contributed by atoms with E-state index in [1.54, 1.807) is 0 Å². The van der Waals surface area contributed by atoms with Crippen molar-refractivity contribution in [1.82, 2.24) is 0 Å². The number of hydrogen-bond donors (Lipinski definition) is 1. The van der Waals surface area contributed by atoms with Crippen LogP contribution in [0.25, 0.3) is 0 Å². The van der Waals surface area contributed by atoms with Crippen LogP contribution in [0.2, 0.25) is 0 Å². The number of rotatable bonds is 2. The van der Waals surface area contributed by atoms with Crippen molar-refractivity contribution in [2.75, 3.05) is 6.61 Å². The molecule has 0 aromatic heterocycles. The summed E-state index contributed by atoms with van der Waals surface area (Å²) in [6, 6.07) is 0.457. The molecule has 0 aliphatic heterocycles. The van der Waals surface area contributed by atoms with Gasteiger partial charge in [0, 0.05) is 6.04 Å². The molecule has 3 nitrogen and oxygen atoms in total. The second kappa shape index (κ2) is 3.22. The lowest BCUT2D eigenvalue weighted by atomic mass is 9.37. The van der Waals surface area contributed by atoms with Gasteiger partial charge in [0.15, 0.2) is 0 Å². The zero-order chi connectivity index (χ0) is 11.4. The Labute approximate surface area is 96.7 Å². The second-order valence-corrected chi connectivity index (χ2v) is 6.38. The van der Waals surface area contributed by atoms with E-state index >= 15 is 0 Å². The Balaban J connectivity index is 1.47. The van der Waals surface area contributed by atoms with Crippen molar-refractivity contribution in [3.8, 4) is 0 Å². The lowest BCUT2D eigenvalue weighted by Crippen LogP contribution is -2.62. The molecule has 3 heteroatoms. The quantitative estimate of drug-likeness (QED) is 0.727. The number of carbonyl (C=O) groups excluding carboxylic acids is 1. The van der Waals surface area contributed by atoms with Crippen LogP contribution in [0.1, 0.15) is 45.4 Å². The van der Waals surface area contributed by atoms with Crippen LogP contribution in [0.4, 0.5) is 0 Å². The molecule has 0 aromatic rings. The standard InChI is InChI=1S/C13H21NO2/c1-2-16-11(15)9-3-12(4-9)7-13(8-12)5-10(14)6-13/h9-10H,2-8,14H2,1H3. The van der Waals surface area contributed by atoms with Gasteiger partial charge < -0.3 is 10.5 Å². The van der Waals surface area contributed by atoms with E-state index in [2.05, 4.69) is 0 Å². The highest BCUT2D eigenvalue weighted by molar-refractivity contribution is 5.73. The van der Waals surface area contributed by atoms with Gasteiger partial charge in [-0.05, 0) is 56.3 Å². The molecular formula is C13H21NO2. The summed E-state index contributed by atoms with van der Waals surface area (Å²) in [5.41, 5.74) is 6.96. The first-order valence-electron chi connectivity index (χ1n) is 6.49. The molecule has 0 aromatic carbocycles. The molecule has 0 bridgehead atoms. The molecule has 3 aliphatic carbocycles. The van der Waals surface area contributed by atoms with Gasteiger partial charge in [0.25, 0.3) is 0 Å². The van der Waals surface area contributed by atoms with Crippen LogP contribution in [0.15, 0.2) is 0 Å². The summed E-state index contributed by atoms with van der Waals surface area (Å²) in [4.78, 5) is 11.5. The van der Waals surface area contributed by atoms with Gasteiger partial charge in [0.2, 0.25) is 0 Å². The predicted octanol–water partition coefficient (Wildman–Crippen LogP) is 1.85. The number of carbonyl (C=O) groups is 1. The summed E-state index contributed by atoms with van der Waals surface area (Å²) < 4.78 is 5.06. The Morgan fingerprint density at radius 1 is 1.25 bits per heavy atom. The van der Waals surface area contributed by atoms with E-state index in [0.717, 1.165) is 12.8 Å². The molecule has 3 rings (SSSR count). The molecule has 2 N–H and O–H groups in total. The van der Waals surface area contributed by atoms with Gasteiger partial charge in [-0.2, -0.15) is 0 Å². The monoisotopic (exact) mass is 223 g/mol. The molecule has 2 spiro atoms. The van der Waals surface area contributed by atoms with Crippen LogP contribution in [0.5, 0.6) is 0 Å². The average Bonchev–Trinajstić information content (AvgIpc) is 2.05. The fraction of sp³-hybridized carbons (Fsp3) is 0.923. The highest BCUT2D eigenvalue weighted by Crippen LogP contribution is 2.71. The van der Waals surface area contributed by atoms with E-state index < -0.39 is 0 Å². The predicted molar refractivity (Wildman–Crippen MR) is 60.7 cm³/mol. The first-order valence-corrected chi connectivity index (χ1v) is 6.49. The Kier molecular flexibility index (Phi) is 2.13. The smallest absolute Gasteiger partial charge is 0.308 e. The second-order valence-electron chi connectivity index (χ2n) is 6.38. The van der Waals surface area contributed by atoms with Gasteiger partial charge in [-0.3, -0.25) is 4.79 Å². The van der Waals surface area contributed by atoms with E-state index in [1.165, 1.54) is 25.7 Å². The molecule has 0 amide bonds. The summed E-state index contributed by atoms with van der Waals surface area (Å²) in [7, 11) is 0. The van der Waals surface area contributed by atoms with Gasteiger partial charge >= 0.3 is 5.97 Å². The zero-order valence-corrected chi connectivity index (χ0v) is 10.00. The average molecular weight is 223 g/mol. The molecule has 0 atom stereocenters. The summed E-state index contributed by atoms with van der Waals surface area (Å²) >= 11 is 0. The number of esters is 1. The fourth-order valence-electron chi connectivity index (χ4n) is 4.58. The summed E-state index contributed by atoms with van der Waals surface area (Å²) in [5.74, 6) is 0.227. The largest absolute Gasteiger partial charge is 0.466 e. The van der Waals surface area contributed by atoms with E-state index in [4.69, 9.17) is 10.5 Å². The van der Waals surface area contributed by atoms with Crippen LogP contribution in [0, 0.1) is 16.7 Å². The van der Waals surface area contributed by atoms with Gasteiger partial charge in [-0.1, -0.05) is 0 Å². The van der Waals surface area contributed by atoms with Crippen LogP contribution >= 0.6 is 0 Å². The third-order valence-corrected chi connectivity index (χ3v) is 4.87. The minimum absolute atomic E-state index is 0.0272. The van der Waals surface area contributed by atoms with Crippen molar-refractivity contribution in [2.45, 2.75) is 51.5 Å². The Morgan fingerprint density at radius 2 is 1.81 bits per heavy atom. The third-order valence-electron chi connectivity index (χ3n) is 4.87. The first-order chi connectivity index (χ1) is 7.56. The number of nitrogens with two attached hydrogens (primary N) is 1. The summed E-state index contributed by atoms with van der Waals surface area (Å²) in [6.07, 6.45) is 7.23. The first kappa shape index (κ1) is 10.6. The van der Waals surface area contributed by atoms with E-state index in [0.29, 0.717) is 23.5 Å². The lowest BCUT2D eigenvalue weighted by molar-refractivity contribution is -0.188. The van der Waals surface area contributed by atoms with Crippen LogP contribution in [-0.2, 0) is 9.53 Å². The highest BCUT2D eigenvalue weighted by atomic mass is 16.5. The summed E-state index contributed by atoms with van der Waals surface area (Å²) in [6.45, 7) is 2.39. The molecule has 0 heterocycles. The zero-order valence-electron chi connectivity index (χ0n) is 10.00. The molecule has 0 radical (unpaired) electrons. The minimum Gasteiger partial charge on any atom is -0.466 e. The van der Waals surface area contributed by atoms with Crippen molar-refractivity contribution in [3.05, 3.63) is 0 Å². The van der Waals surface area contributed by atoms with Crippen LogP contribution in [0.3, 0.4) is 0 Å². The Hall–Kier alpha value is -0.570. The third kappa shape index (κ3) is 1.41. The molecule has 3 saturated carbocycles. The van der Waals surface area contributed by atoms with Crippen molar-refractivity contribution < 1.29 is 9.53 Å². The van der Waals surface area contributed by atoms with Gasteiger partial charge in [-0.15, -0.1) is 0 Å². The van der Waals surface area contributed by atoms with E-state index in [-0.39, 0.29) is 11.9 Å². The maximum atomic E-state index is 11.5.